The van der Waals surface area contributed by atoms with E-state index in [1.165, 1.54) is 12.8 Å². The van der Waals surface area contributed by atoms with Crippen molar-refractivity contribution in [3.05, 3.63) is 12.2 Å². The molecule has 1 aliphatic carbocycles. The number of nitrogens with zero attached hydrogens (tertiary/aromatic N) is 2. The Kier molecular flexibility index (Phi) is 10.4. The Hall–Kier alpha value is -2.40. The second-order valence-corrected chi connectivity index (χ2v) is 10.3. The molecule has 0 spiro atoms. The van der Waals surface area contributed by atoms with Gasteiger partial charge in [0.1, 0.15) is 17.9 Å². The first-order chi connectivity index (χ1) is 15.6. The predicted molar refractivity (Wildman–Crippen MR) is 126 cm³/mol. The van der Waals surface area contributed by atoms with Gasteiger partial charge in [0.2, 0.25) is 5.91 Å². The van der Waals surface area contributed by atoms with Gasteiger partial charge in [0, 0.05) is 6.54 Å². The number of carbonyl (C=O) groups is 3. The molecule has 4 unspecified atom stereocenters. The Morgan fingerprint density at radius 3 is 2.58 bits per heavy atom. The molecule has 1 saturated heterocycles. The van der Waals surface area contributed by atoms with Gasteiger partial charge >= 0.3 is 6.09 Å². The number of hydrogen-bond donors (Lipinski definition) is 2. The van der Waals surface area contributed by atoms with Gasteiger partial charge in [-0.2, -0.15) is 5.26 Å². The standard InChI is InChI=1S/C25H40N4O4/c1-25(2,3)33-24(32)28-20(17-30)13-9-7-5-6-8-12-19(15-26)27-23(31)22-21-14-10-11-18(21)16-29(22)4/h5,7,17-22H,6,8-14,16H2,1-4H3,(H,27,31)(H,28,32)/b7-5+/t18-,19?,20?,21?,22?/m0/s1. The molecule has 2 rings (SSSR count). The first kappa shape index (κ1) is 26.8. The predicted octanol–water partition coefficient (Wildman–Crippen LogP) is 3.32. The van der Waals surface area contributed by atoms with Crippen molar-refractivity contribution in [1.29, 1.82) is 5.26 Å². The topological polar surface area (TPSA) is 112 Å². The Labute approximate surface area is 198 Å². The summed E-state index contributed by atoms with van der Waals surface area (Å²) in [5.74, 6) is 1.04. The Balaban J connectivity index is 1.64. The normalized spacial score (nSPS) is 24.6. The van der Waals surface area contributed by atoms with Crippen LogP contribution in [0.25, 0.3) is 0 Å². The number of allylic oxidation sites excluding steroid dienone is 2. The van der Waals surface area contributed by atoms with Crippen LogP contribution in [0.2, 0.25) is 0 Å². The van der Waals surface area contributed by atoms with Crippen LogP contribution >= 0.6 is 0 Å². The van der Waals surface area contributed by atoms with Crippen molar-refractivity contribution >= 4 is 18.3 Å². The summed E-state index contributed by atoms with van der Waals surface area (Å²) in [5, 5.41) is 15.0. The zero-order chi connectivity index (χ0) is 24.4. The highest BCUT2D eigenvalue weighted by Gasteiger charge is 2.46. The van der Waals surface area contributed by atoms with Crippen molar-refractivity contribution in [1.82, 2.24) is 15.5 Å². The summed E-state index contributed by atoms with van der Waals surface area (Å²) in [6.07, 6.45) is 10.9. The number of unbranched alkanes of at least 4 members (excludes halogenated alkanes) is 1. The number of alkyl carbamates (subject to hydrolysis) is 1. The molecule has 1 heterocycles. The monoisotopic (exact) mass is 460 g/mol. The first-order valence-corrected chi connectivity index (χ1v) is 12.1. The Bertz CT molecular complexity index is 740. The van der Waals surface area contributed by atoms with Crippen molar-refractivity contribution in [2.45, 2.75) is 95.9 Å². The van der Waals surface area contributed by atoms with Crippen LogP contribution in [0.3, 0.4) is 0 Å². The third kappa shape index (κ3) is 8.81. The van der Waals surface area contributed by atoms with Crippen molar-refractivity contribution in [2.24, 2.45) is 11.8 Å². The largest absolute Gasteiger partial charge is 0.444 e. The summed E-state index contributed by atoms with van der Waals surface area (Å²) < 4.78 is 5.16. The fourth-order valence-electron chi connectivity index (χ4n) is 4.92. The summed E-state index contributed by atoms with van der Waals surface area (Å²) in [6.45, 7) is 6.28. The number of likely N-dealkylation sites (N-methyl/N-ethyl adjacent to an activating group) is 1. The van der Waals surface area contributed by atoms with Crippen molar-refractivity contribution in [3.8, 4) is 6.07 Å². The molecule has 2 amide bonds. The number of amides is 2. The highest BCUT2D eigenvalue weighted by molar-refractivity contribution is 5.83. The molecule has 0 bridgehead atoms. The van der Waals surface area contributed by atoms with E-state index >= 15 is 0 Å². The van der Waals surface area contributed by atoms with Gasteiger partial charge in [0.25, 0.3) is 0 Å². The van der Waals surface area contributed by atoms with Crippen LogP contribution in [0.1, 0.15) is 72.1 Å². The van der Waals surface area contributed by atoms with E-state index in [4.69, 9.17) is 4.74 Å². The maximum atomic E-state index is 12.8. The molecule has 8 heteroatoms. The lowest BCUT2D eigenvalue weighted by atomic mass is 9.93. The number of hydrogen-bond acceptors (Lipinski definition) is 6. The maximum absolute atomic E-state index is 12.8. The molecular weight excluding hydrogens is 420 g/mol. The fraction of sp³-hybridized carbons (Fsp3) is 0.760. The summed E-state index contributed by atoms with van der Waals surface area (Å²) in [5.41, 5.74) is -0.607. The highest BCUT2D eigenvalue weighted by Crippen LogP contribution is 2.41. The summed E-state index contributed by atoms with van der Waals surface area (Å²) >= 11 is 0. The van der Waals surface area contributed by atoms with Crippen LogP contribution < -0.4 is 10.6 Å². The van der Waals surface area contributed by atoms with Crippen LogP contribution in [-0.2, 0) is 14.3 Å². The number of nitrogens with one attached hydrogen (secondary N) is 2. The Morgan fingerprint density at radius 2 is 1.91 bits per heavy atom. The van der Waals surface area contributed by atoms with Crippen molar-refractivity contribution < 1.29 is 19.1 Å². The molecular formula is C25H40N4O4. The number of carbonyl (C=O) groups excluding carboxylic acids is 3. The van der Waals surface area contributed by atoms with Gasteiger partial charge in [-0.25, -0.2) is 4.79 Å². The zero-order valence-electron chi connectivity index (χ0n) is 20.5. The average Bonchev–Trinajstić information content (AvgIpc) is 3.29. The van der Waals surface area contributed by atoms with Gasteiger partial charge in [0.05, 0.1) is 18.2 Å². The van der Waals surface area contributed by atoms with Crippen LogP contribution in [0.5, 0.6) is 0 Å². The number of likely N-dealkylation sites (tertiary alicyclic amines) is 1. The zero-order valence-corrected chi connectivity index (χ0v) is 20.5. The highest BCUT2D eigenvalue weighted by atomic mass is 16.6. The van der Waals surface area contributed by atoms with E-state index in [9.17, 15) is 19.6 Å². The average molecular weight is 461 g/mol. The molecule has 0 radical (unpaired) electrons. The molecule has 184 valence electrons. The van der Waals surface area contributed by atoms with Gasteiger partial charge in [-0.05, 0) is 84.6 Å². The molecule has 8 nitrogen and oxygen atoms in total. The molecule has 2 aliphatic rings. The molecule has 1 aliphatic heterocycles. The molecule has 5 atom stereocenters. The van der Waals surface area contributed by atoms with Gasteiger partial charge in [-0.3, -0.25) is 9.69 Å². The second kappa shape index (κ2) is 12.7. The SMILES string of the molecule is CN1C[C@@H]2CCCC2C1C(=O)NC(C#N)CCC/C=C/CCC(C=O)NC(=O)OC(C)(C)C. The lowest BCUT2D eigenvalue weighted by Crippen LogP contribution is -2.47. The third-order valence-electron chi connectivity index (χ3n) is 6.40. The van der Waals surface area contributed by atoms with Gasteiger partial charge in [0.15, 0.2) is 0 Å². The summed E-state index contributed by atoms with van der Waals surface area (Å²) in [4.78, 5) is 37.9. The number of nitriles is 1. The third-order valence-corrected chi connectivity index (χ3v) is 6.40. The number of ether oxygens (including phenoxy) is 1. The minimum absolute atomic E-state index is 0.00798. The summed E-state index contributed by atoms with van der Waals surface area (Å²) in [6, 6.07) is 1.06. The molecule has 0 aromatic heterocycles. The smallest absolute Gasteiger partial charge is 0.408 e. The summed E-state index contributed by atoms with van der Waals surface area (Å²) in [7, 11) is 2.01. The number of aldehydes is 1. The van der Waals surface area contributed by atoms with E-state index in [1.807, 2.05) is 19.2 Å². The molecule has 0 aromatic rings. The molecule has 0 aromatic carbocycles. The molecule has 2 fully saturated rings. The van der Waals surface area contributed by atoms with Crippen molar-refractivity contribution in [3.63, 3.8) is 0 Å². The van der Waals surface area contributed by atoms with Gasteiger partial charge in [-0.15, -0.1) is 0 Å². The lowest BCUT2D eigenvalue weighted by molar-refractivity contribution is -0.126. The van der Waals surface area contributed by atoms with E-state index in [0.717, 1.165) is 25.8 Å². The van der Waals surface area contributed by atoms with E-state index < -0.39 is 23.8 Å². The van der Waals surface area contributed by atoms with E-state index in [1.54, 1.807) is 20.8 Å². The van der Waals surface area contributed by atoms with Crippen LogP contribution in [-0.4, -0.2) is 60.5 Å². The molecule has 2 N–H and O–H groups in total. The van der Waals surface area contributed by atoms with E-state index in [-0.39, 0.29) is 11.9 Å². The minimum atomic E-state index is -0.607. The fourth-order valence-corrected chi connectivity index (χ4v) is 4.92. The van der Waals surface area contributed by atoms with Gasteiger partial charge in [-0.1, -0.05) is 18.6 Å². The maximum Gasteiger partial charge on any atom is 0.408 e. The van der Waals surface area contributed by atoms with Crippen LogP contribution in [0.4, 0.5) is 4.79 Å². The van der Waals surface area contributed by atoms with Crippen LogP contribution in [0.15, 0.2) is 12.2 Å². The quantitative estimate of drug-likeness (QED) is 0.278. The number of rotatable bonds is 11. The van der Waals surface area contributed by atoms with E-state index in [2.05, 4.69) is 21.6 Å². The number of fused-ring (bicyclic) bond motifs is 1. The van der Waals surface area contributed by atoms with Crippen molar-refractivity contribution in [2.75, 3.05) is 13.6 Å². The lowest BCUT2D eigenvalue weighted by Gasteiger charge is -2.24. The molecule has 1 saturated carbocycles. The van der Waals surface area contributed by atoms with Crippen LogP contribution in [0, 0.1) is 23.2 Å². The molecule has 33 heavy (non-hydrogen) atoms. The van der Waals surface area contributed by atoms with Gasteiger partial charge < -0.3 is 20.2 Å². The Morgan fingerprint density at radius 1 is 1.18 bits per heavy atom. The second-order valence-electron chi connectivity index (χ2n) is 10.3. The minimum Gasteiger partial charge on any atom is -0.444 e. The first-order valence-electron chi connectivity index (χ1n) is 12.1. The van der Waals surface area contributed by atoms with E-state index in [0.29, 0.717) is 37.4 Å².